The summed E-state index contributed by atoms with van der Waals surface area (Å²) in [6.07, 6.45) is 0. The van der Waals surface area contributed by atoms with Gasteiger partial charge < -0.3 is 15.4 Å². The summed E-state index contributed by atoms with van der Waals surface area (Å²) in [6.45, 7) is 4.92. The molecule has 0 bridgehead atoms. The Morgan fingerprint density at radius 1 is 1.35 bits per heavy atom. The van der Waals surface area contributed by atoms with Gasteiger partial charge in [-0.15, -0.1) is 11.3 Å². The van der Waals surface area contributed by atoms with Gasteiger partial charge in [0, 0.05) is 30.2 Å². The summed E-state index contributed by atoms with van der Waals surface area (Å²) in [5.74, 6) is -0.133. The fourth-order valence-electron chi connectivity index (χ4n) is 2.52. The molecule has 0 saturated carbocycles. The van der Waals surface area contributed by atoms with Crippen LogP contribution in [0, 0.1) is 16.0 Å². The van der Waals surface area contributed by atoms with Crippen molar-refractivity contribution in [2.45, 2.75) is 19.9 Å². The third kappa shape index (κ3) is 5.03. The van der Waals surface area contributed by atoms with Crippen molar-refractivity contribution in [3.63, 3.8) is 0 Å². The van der Waals surface area contributed by atoms with Crippen molar-refractivity contribution in [1.82, 2.24) is 5.32 Å². The lowest BCUT2D eigenvalue weighted by Crippen LogP contribution is -2.31. The second kappa shape index (κ2) is 9.30. The minimum absolute atomic E-state index is 0.133. The van der Waals surface area contributed by atoms with Gasteiger partial charge in [0.1, 0.15) is 5.69 Å². The van der Waals surface area contributed by atoms with Gasteiger partial charge in [0.15, 0.2) is 0 Å². The van der Waals surface area contributed by atoms with E-state index in [1.165, 1.54) is 6.07 Å². The number of amides is 1. The van der Waals surface area contributed by atoms with Crippen LogP contribution in [0.5, 0.6) is 0 Å². The van der Waals surface area contributed by atoms with E-state index >= 15 is 0 Å². The molecule has 7 nitrogen and oxygen atoms in total. The SMILES string of the molecule is COCCNc1ccc(C(=O)N[C@H](c2cccs2)C(C)C)cc1[N+](=O)[O-]. The van der Waals surface area contributed by atoms with Crippen LogP contribution in [0.1, 0.15) is 35.1 Å². The van der Waals surface area contributed by atoms with Crippen LogP contribution < -0.4 is 10.6 Å². The predicted molar refractivity (Wildman–Crippen MR) is 103 cm³/mol. The molecule has 8 heteroatoms. The van der Waals surface area contributed by atoms with E-state index in [-0.39, 0.29) is 29.1 Å². The number of methoxy groups -OCH3 is 1. The molecule has 1 aromatic heterocycles. The predicted octanol–water partition coefficient (Wildman–Crippen LogP) is 3.84. The average molecular weight is 377 g/mol. The Morgan fingerprint density at radius 2 is 2.12 bits per heavy atom. The Bertz CT molecular complexity index is 747. The lowest BCUT2D eigenvalue weighted by Gasteiger charge is -2.21. The molecule has 1 atom stereocenters. The highest BCUT2D eigenvalue weighted by atomic mass is 32.1. The molecule has 0 radical (unpaired) electrons. The van der Waals surface area contributed by atoms with Gasteiger partial charge >= 0.3 is 0 Å². The summed E-state index contributed by atoms with van der Waals surface area (Å²) in [7, 11) is 1.56. The van der Waals surface area contributed by atoms with Crippen LogP contribution >= 0.6 is 11.3 Å². The van der Waals surface area contributed by atoms with Crippen LogP contribution in [0.15, 0.2) is 35.7 Å². The van der Waals surface area contributed by atoms with Gasteiger partial charge in [-0.05, 0) is 29.5 Å². The van der Waals surface area contributed by atoms with E-state index in [1.807, 2.05) is 31.4 Å². The Labute approximate surface area is 156 Å². The van der Waals surface area contributed by atoms with E-state index in [0.717, 1.165) is 4.88 Å². The van der Waals surface area contributed by atoms with Crippen LogP contribution in [-0.2, 0) is 4.74 Å². The van der Waals surface area contributed by atoms with Gasteiger partial charge in [-0.2, -0.15) is 0 Å². The highest BCUT2D eigenvalue weighted by Crippen LogP contribution is 2.28. The van der Waals surface area contributed by atoms with Crippen LogP contribution in [0.4, 0.5) is 11.4 Å². The summed E-state index contributed by atoms with van der Waals surface area (Å²) in [5.41, 5.74) is 0.490. The molecule has 0 spiro atoms. The van der Waals surface area contributed by atoms with E-state index in [0.29, 0.717) is 18.8 Å². The Morgan fingerprint density at radius 3 is 2.69 bits per heavy atom. The van der Waals surface area contributed by atoms with Crippen LogP contribution in [0.2, 0.25) is 0 Å². The van der Waals surface area contributed by atoms with Gasteiger partial charge in [0.2, 0.25) is 0 Å². The second-order valence-electron chi connectivity index (χ2n) is 6.12. The third-order valence-corrected chi connectivity index (χ3v) is 4.84. The normalized spacial score (nSPS) is 12.0. The first-order valence-electron chi connectivity index (χ1n) is 8.29. The molecule has 1 heterocycles. The maximum Gasteiger partial charge on any atom is 0.293 e. The first kappa shape index (κ1) is 19.9. The zero-order chi connectivity index (χ0) is 19.1. The molecule has 2 N–H and O–H groups in total. The van der Waals surface area contributed by atoms with Crippen molar-refractivity contribution >= 4 is 28.6 Å². The third-order valence-electron chi connectivity index (χ3n) is 3.88. The number of hydrogen-bond donors (Lipinski definition) is 2. The maximum absolute atomic E-state index is 12.6. The first-order valence-corrected chi connectivity index (χ1v) is 9.17. The average Bonchev–Trinajstić information content (AvgIpc) is 3.13. The molecule has 0 fully saturated rings. The fraction of sp³-hybridized carbons (Fsp3) is 0.389. The van der Waals surface area contributed by atoms with Crippen molar-refractivity contribution in [1.29, 1.82) is 0 Å². The topological polar surface area (TPSA) is 93.5 Å². The Hall–Kier alpha value is -2.45. The molecule has 0 aliphatic heterocycles. The van der Waals surface area contributed by atoms with Crippen LogP contribution in [0.3, 0.4) is 0 Å². The number of carbonyl (C=O) groups is 1. The zero-order valence-electron chi connectivity index (χ0n) is 15.0. The second-order valence-corrected chi connectivity index (χ2v) is 7.10. The van der Waals surface area contributed by atoms with Crippen molar-refractivity contribution in [2.24, 2.45) is 5.92 Å². The highest BCUT2D eigenvalue weighted by Gasteiger charge is 2.22. The minimum atomic E-state index is -0.495. The van der Waals surface area contributed by atoms with Gasteiger partial charge in [0.25, 0.3) is 11.6 Å². The van der Waals surface area contributed by atoms with Gasteiger partial charge in [0.05, 0.1) is 17.6 Å². The Balaban J connectivity index is 2.20. The fourth-order valence-corrected chi connectivity index (χ4v) is 3.47. The van der Waals surface area contributed by atoms with Crippen molar-refractivity contribution in [2.75, 3.05) is 25.6 Å². The maximum atomic E-state index is 12.6. The molecule has 0 aliphatic rings. The van der Waals surface area contributed by atoms with Crippen molar-refractivity contribution in [3.8, 4) is 0 Å². The largest absolute Gasteiger partial charge is 0.383 e. The molecule has 26 heavy (non-hydrogen) atoms. The monoisotopic (exact) mass is 377 g/mol. The summed E-state index contributed by atoms with van der Waals surface area (Å²) in [6, 6.07) is 8.21. The van der Waals surface area contributed by atoms with E-state index in [2.05, 4.69) is 10.6 Å². The number of benzene rings is 1. The quantitative estimate of drug-likeness (QED) is 0.393. The number of nitro groups is 1. The van der Waals surface area contributed by atoms with Crippen molar-refractivity contribution in [3.05, 3.63) is 56.3 Å². The van der Waals surface area contributed by atoms with Crippen LogP contribution in [0.25, 0.3) is 0 Å². The van der Waals surface area contributed by atoms with E-state index in [9.17, 15) is 14.9 Å². The molecule has 140 valence electrons. The molecule has 0 aliphatic carbocycles. The molecule has 0 unspecified atom stereocenters. The summed E-state index contributed by atoms with van der Waals surface area (Å²) >= 11 is 1.57. The molecule has 1 aromatic carbocycles. The number of rotatable bonds is 9. The standard InChI is InChI=1S/C18H23N3O4S/c1-12(2)17(16-5-4-10-26-16)20-18(22)13-6-7-14(19-8-9-25-3)15(11-13)21(23)24/h4-7,10-12,17,19H,8-9H2,1-3H3,(H,20,22)/t17-/m0/s1. The van der Waals surface area contributed by atoms with Crippen molar-refractivity contribution < 1.29 is 14.5 Å². The minimum Gasteiger partial charge on any atom is -0.383 e. The molecular weight excluding hydrogens is 354 g/mol. The number of anilines is 1. The first-order chi connectivity index (χ1) is 12.4. The zero-order valence-corrected chi connectivity index (χ0v) is 15.8. The number of nitrogens with zero attached hydrogens (tertiary/aromatic N) is 1. The van der Waals surface area contributed by atoms with E-state index < -0.39 is 4.92 Å². The summed E-state index contributed by atoms with van der Waals surface area (Å²) in [5, 5.41) is 19.2. The smallest absolute Gasteiger partial charge is 0.293 e. The summed E-state index contributed by atoms with van der Waals surface area (Å²) in [4.78, 5) is 24.5. The van der Waals surface area contributed by atoms with E-state index in [4.69, 9.17) is 4.74 Å². The Kier molecular flexibility index (Phi) is 7.11. The van der Waals surface area contributed by atoms with Gasteiger partial charge in [-0.3, -0.25) is 14.9 Å². The number of nitro benzene ring substituents is 1. The summed E-state index contributed by atoms with van der Waals surface area (Å²) < 4.78 is 4.93. The molecule has 2 rings (SSSR count). The van der Waals surface area contributed by atoms with Gasteiger partial charge in [-0.25, -0.2) is 0 Å². The lowest BCUT2D eigenvalue weighted by atomic mass is 10.0. The number of ether oxygens (including phenoxy) is 1. The lowest BCUT2D eigenvalue weighted by molar-refractivity contribution is -0.384. The molecule has 2 aromatic rings. The number of hydrogen-bond acceptors (Lipinski definition) is 6. The number of nitrogens with one attached hydrogen (secondary N) is 2. The molecular formula is C18H23N3O4S. The molecule has 1 amide bonds. The highest BCUT2D eigenvalue weighted by molar-refractivity contribution is 7.10. The van der Waals surface area contributed by atoms with E-state index in [1.54, 1.807) is 30.6 Å². The molecule has 0 saturated heterocycles. The number of carbonyl (C=O) groups excluding carboxylic acids is 1. The number of thiophene rings is 1. The van der Waals surface area contributed by atoms with Crippen LogP contribution in [-0.4, -0.2) is 31.1 Å². The van der Waals surface area contributed by atoms with Gasteiger partial charge in [-0.1, -0.05) is 19.9 Å².